The van der Waals surface area contributed by atoms with E-state index < -0.39 is 7.55 Å². The number of aliphatic hydroxyl groups excluding tert-OH is 1. The van der Waals surface area contributed by atoms with Gasteiger partial charge in [-0.1, -0.05) is 36.4 Å². The molecule has 80 valence electrons. The lowest BCUT2D eigenvalue weighted by Gasteiger charge is -1.95. The maximum atomic E-state index is 9.12. The summed E-state index contributed by atoms with van der Waals surface area (Å²) in [5, 5.41) is 11.7. The quantitative estimate of drug-likeness (QED) is 0.797. The molecule has 0 aliphatic carbocycles. The van der Waals surface area contributed by atoms with Crippen molar-refractivity contribution in [1.82, 2.24) is 0 Å². The van der Waals surface area contributed by atoms with Gasteiger partial charge in [-0.25, -0.2) is 0 Å². The molecule has 0 atom stereocenters. The van der Waals surface area contributed by atoms with Crippen LogP contribution in [0, 0.1) is 0 Å². The predicted molar refractivity (Wildman–Crippen MR) is 72.2 cm³/mol. The Morgan fingerprint density at radius 1 is 0.812 bits per heavy atom. The van der Waals surface area contributed by atoms with Crippen LogP contribution in [0.25, 0.3) is 0 Å². The van der Waals surface area contributed by atoms with E-state index in [2.05, 4.69) is 24.3 Å². The zero-order valence-electron chi connectivity index (χ0n) is 8.95. The SMILES string of the molecule is OCC=[P+](c1ccccc1)c1ccccc1. The molecule has 0 aliphatic rings. The molecule has 0 radical (unpaired) electrons. The van der Waals surface area contributed by atoms with Crippen molar-refractivity contribution in [1.29, 1.82) is 0 Å². The van der Waals surface area contributed by atoms with E-state index in [0.717, 1.165) is 0 Å². The lowest BCUT2D eigenvalue weighted by molar-refractivity contribution is 0.363. The molecule has 0 unspecified atom stereocenters. The molecule has 2 aromatic rings. The van der Waals surface area contributed by atoms with Crippen LogP contribution in [0.3, 0.4) is 0 Å². The molecular weight excluding hydrogens is 215 g/mol. The van der Waals surface area contributed by atoms with Gasteiger partial charge >= 0.3 is 0 Å². The van der Waals surface area contributed by atoms with Gasteiger partial charge in [0.25, 0.3) is 0 Å². The van der Waals surface area contributed by atoms with E-state index in [-0.39, 0.29) is 6.61 Å². The molecule has 2 aromatic carbocycles. The van der Waals surface area contributed by atoms with Gasteiger partial charge in [-0.05, 0) is 24.3 Å². The monoisotopic (exact) mass is 229 g/mol. The highest BCUT2D eigenvalue weighted by atomic mass is 31.1. The topological polar surface area (TPSA) is 20.2 Å². The lowest BCUT2D eigenvalue weighted by atomic mass is 10.4. The van der Waals surface area contributed by atoms with E-state index in [0.29, 0.717) is 0 Å². The smallest absolute Gasteiger partial charge is 0.168 e. The molecule has 0 fully saturated rings. The Morgan fingerprint density at radius 3 is 1.62 bits per heavy atom. The number of hydrogen-bond donors (Lipinski definition) is 1. The fourth-order valence-corrected chi connectivity index (χ4v) is 3.49. The van der Waals surface area contributed by atoms with Crippen molar-refractivity contribution in [3.05, 3.63) is 60.7 Å². The fourth-order valence-electron chi connectivity index (χ4n) is 1.62. The molecule has 1 nitrogen and oxygen atoms in total. The average molecular weight is 229 g/mol. The first-order valence-corrected chi connectivity index (χ1v) is 6.66. The van der Waals surface area contributed by atoms with Gasteiger partial charge in [0.1, 0.15) is 12.4 Å². The number of hydrogen-bond acceptors (Lipinski definition) is 1. The van der Waals surface area contributed by atoms with E-state index in [1.807, 2.05) is 42.2 Å². The Balaban J connectivity index is 2.44. The second-order valence-electron chi connectivity index (χ2n) is 3.41. The Morgan fingerprint density at radius 2 is 1.25 bits per heavy atom. The van der Waals surface area contributed by atoms with E-state index in [1.54, 1.807) is 0 Å². The minimum Gasteiger partial charge on any atom is -0.388 e. The summed E-state index contributed by atoms with van der Waals surface area (Å²) in [6.07, 6.45) is 0. The molecule has 2 rings (SSSR count). The van der Waals surface area contributed by atoms with Crippen LogP contribution in [-0.2, 0) is 0 Å². The summed E-state index contributed by atoms with van der Waals surface area (Å²) in [6.45, 7) is 0.121. The third-order valence-corrected chi connectivity index (χ3v) is 4.57. The van der Waals surface area contributed by atoms with Gasteiger partial charge in [0.05, 0.1) is 0 Å². The Kier molecular flexibility index (Phi) is 3.87. The summed E-state index contributed by atoms with van der Waals surface area (Å²) in [5.41, 5.74) is 0. The molecular formula is C14H14OP+. The van der Waals surface area contributed by atoms with Crippen molar-refractivity contribution in [2.24, 2.45) is 0 Å². The second kappa shape index (κ2) is 5.60. The molecule has 16 heavy (non-hydrogen) atoms. The third kappa shape index (κ3) is 2.57. The molecule has 0 bridgehead atoms. The Hall–Kier alpha value is -1.43. The zero-order chi connectivity index (χ0) is 11.2. The van der Waals surface area contributed by atoms with Gasteiger partial charge in [-0.15, -0.1) is 0 Å². The first-order valence-electron chi connectivity index (χ1n) is 5.25. The highest BCUT2D eigenvalue weighted by molar-refractivity contribution is 7.72. The van der Waals surface area contributed by atoms with Crippen molar-refractivity contribution in [3.8, 4) is 0 Å². The van der Waals surface area contributed by atoms with Crippen LogP contribution in [0.2, 0.25) is 0 Å². The van der Waals surface area contributed by atoms with Crippen molar-refractivity contribution in [3.63, 3.8) is 0 Å². The molecule has 0 spiro atoms. The number of rotatable bonds is 3. The summed E-state index contributed by atoms with van der Waals surface area (Å²) in [4.78, 5) is 0. The molecule has 0 saturated heterocycles. The molecule has 0 amide bonds. The van der Waals surface area contributed by atoms with Crippen molar-refractivity contribution in [2.45, 2.75) is 0 Å². The average Bonchev–Trinajstić information content (AvgIpc) is 2.38. The Bertz CT molecular complexity index is 421. The maximum Gasteiger partial charge on any atom is 0.168 e. The Labute approximate surface area is 96.8 Å². The van der Waals surface area contributed by atoms with Crippen LogP contribution in [0.15, 0.2) is 60.7 Å². The molecule has 0 saturated carbocycles. The van der Waals surface area contributed by atoms with Gasteiger partial charge in [0.2, 0.25) is 0 Å². The van der Waals surface area contributed by atoms with Crippen LogP contribution >= 0.6 is 7.55 Å². The lowest BCUT2D eigenvalue weighted by Crippen LogP contribution is -2.08. The summed E-state index contributed by atoms with van der Waals surface area (Å²) >= 11 is 0. The minimum atomic E-state index is -0.526. The highest BCUT2D eigenvalue weighted by Crippen LogP contribution is 2.19. The summed E-state index contributed by atoms with van der Waals surface area (Å²) in [6, 6.07) is 20.7. The number of aliphatic hydroxyl groups is 1. The van der Waals surface area contributed by atoms with Crippen LogP contribution in [-0.4, -0.2) is 17.5 Å². The van der Waals surface area contributed by atoms with Gasteiger partial charge in [0.15, 0.2) is 18.2 Å². The summed E-state index contributed by atoms with van der Waals surface area (Å²) < 4.78 is 0. The van der Waals surface area contributed by atoms with Gasteiger partial charge in [0, 0.05) is 0 Å². The van der Waals surface area contributed by atoms with E-state index >= 15 is 0 Å². The third-order valence-electron chi connectivity index (χ3n) is 2.33. The largest absolute Gasteiger partial charge is 0.388 e. The van der Waals surface area contributed by atoms with Crippen LogP contribution < -0.4 is 10.6 Å². The fraction of sp³-hybridized carbons (Fsp3) is 0.0714. The van der Waals surface area contributed by atoms with Gasteiger partial charge in [-0.3, -0.25) is 0 Å². The highest BCUT2D eigenvalue weighted by Gasteiger charge is 2.15. The minimum absolute atomic E-state index is 0.121. The standard InChI is InChI=1S/C14H14OP/c15-11-12-16(13-7-3-1-4-8-13)14-9-5-2-6-10-14/h1-10,12,15H,11H2/q+1. The van der Waals surface area contributed by atoms with E-state index in [1.165, 1.54) is 10.6 Å². The van der Waals surface area contributed by atoms with Gasteiger partial charge < -0.3 is 5.11 Å². The first-order chi connectivity index (χ1) is 7.92. The second-order valence-corrected chi connectivity index (χ2v) is 5.54. The van der Waals surface area contributed by atoms with Crippen molar-refractivity contribution < 1.29 is 5.11 Å². The predicted octanol–water partition coefficient (Wildman–Crippen LogP) is 1.91. The van der Waals surface area contributed by atoms with Crippen molar-refractivity contribution >= 4 is 24.0 Å². The zero-order valence-corrected chi connectivity index (χ0v) is 9.85. The van der Waals surface area contributed by atoms with Crippen LogP contribution in [0.4, 0.5) is 0 Å². The maximum absolute atomic E-state index is 9.12. The van der Waals surface area contributed by atoms with Crippen LogP contribution in [0.5, 0.6) is 0 Å². The normalized spacial score (nSPS) is 9.81. The molecule has 0 aliphatic heterocycles. The molecule has 0 heterocycles. The van der Waals surface area contributed by atoms with E-state index in [9.17, 15) is 0 Å². The van der Waals surface area contributed by atoms with Crippen LogP contribution in [0.1, 0.15) is 0 Å². The van der Waals surface area contributed by atoms with E-state index in [4.69, 9.17) is 5.11 Å². The van der Waals surface area contributed by atoms with Gasteiger partial charge in [-0.2, -0.15) is 0 Å². The molecule has 0 aromatic heterocycles. The molecule has 1 N–H and O–H groups in total. The number of benzene rings is 2. The summed E-state index contributed by atoms with van der Waals surface area (Å²) in [5.74, 6) is 1.99. The molecule has 2 heteroatoms. The first kappa shape index (κ1) is 11.1. The summed E-state index contributed by atoms with van der Waals surface area (Å²) in [7, 11) is -0.526. The van der Waals surface area contributed by atoms with Crippen molar-refractivity contribution in [2.75, 3.05) is 6.61 Å².